The van der Waals surface area contributed by atoms with Crippen LogP contribution in [0.5, 0.6) is 5.75 Å². The van der Waals surface area contributed by atoms with E-state index in [-0.39, 0.29) is 0 Å². The Morgan fingerprint density at radius 3 is 2.48 bits per heavy atom. The Balaban J connectivity index is 1.76. The van der Waals surface area contributed by atoms with Crippen LogP contribution in [0.1, 0.15) is 23.1 Å². The molecule has 0 spiro atoms. The number of nitrogen functional groups attached to an aromatic ring is 1. The van der Waals surface area contributed by atoms with E-state index in [1.807, 2.05) is 13.0 Å². The standard InChI is InChI=1S/C18H23NOS/c1-13-10-14(2)12-16(11-13)20-8-5-9-21-17-7-4-6-15(3)18(17)19/h4,6-7,10-12H,5,8-9,19H2,1-3H3. The van der Waals surface area contributed by atoms with Crippen LogP contribution in [0.2, 0.25) is 0 Å². The van der Waals surface area contributed by atoms with E-state index in [2.05, 4.69) is 44.2 Å². The van der Waals surface area contributed by atoms with Gasteiger partial charge in [0.2, 0.25) is 0 Å². The molecule has 112 valence electrons. The average Bonchev–Trinajstić information content (AvgIpc) is 2.42. The van der Waals surface area contributed by atoms with Crippen molar-refractivity contribution in [2.45, 2.75) is 32.1 Å². The third kappa shape index (κ3) is 4.71. The molecule has 2 aromatic carbocycles. The summed E-state index contributed by atoms with van der Waals surface area (Å²) in [4.78, 5) is 1.17. The molecule has 0 aliphatic heterocycles. The molecule has 2 nitrogen and oxygen atoms in total. The molecule has 0 fully saturated rings. The third-order valence-electron chi connectivity index (χ3n) is 3.29. The highest BCUT2D eigenvalue weighted by molar-refractivity contribution is 7.99. The Morgan fingerprint density at radius 1 is 1.05 bits per heavy atom. The number of hydrogen-bond donors (Lipinski definition) is 1. The number of rotatable bonds is 6. The maximum atomic E-state index is 6.07. The van der Waals surface area contributed by atoms with Crippen molar-refractivity contribution in [1.29, 1.82) is 0 Å². The van der Waals surface area contributed by atoms with Gasteiger partial charge in [-0.05, 0) is 62.1 Å². The molecule has 0 saturated heterocycles. The summed E-state index contributed by atoms with van der Waals surface area (Å²) in [5.74, 6) is 1.98. The number of para-hydroxylation sites is 1. The van der Waals surface area contributed by atoms with Crippen molar-refractivity contribution in [3.05, 3.63) is 53.1 Å². The van der Waals surface area contributed by atoms with E-state index in [0.717, 1.165) is 35.8 Å². The molecule has 0 unspecified atom stereocenters. The number of nitrogens with two attached hydrogens (primary N) is 1. The fraction of sp³-hybridized carbons (Fsp3) is 0.333. The molecule has 0 heterocycles. The van der Waals surface area contributed by atoms with E-state index in [9.17, 15) is 0 Å². The molecular weight excluding hydrogens is 278 g/mol. The Bertz CT molecular complexity index is 590. The van der Waals surface area contributed by atoms with E-state index >= 15 is 0 Å². The first-order valence-corrected chi connectivity index (χ1v) is 8.24. The maximum Gasteiger partial charge on any atom is 0.119 e. The van der Waals surface area contributed by atoms with Crippen molar-refractivity contribution >= 4 is 17.4 Å². The van der Waals surface area contributed by atoms with Crippen LogP contribution in [-0.4, -0.2) is 12.4 Å². The van der Waals surface area contributed by atoms with Crippen LogP contribution in [0.15, 0.2) is 41.3 Å². The minimum absolute atomic E-state index is 0.738. The predicted octanol–water partition coefficient (Wildman–Crippen LogP) is 4.76. The second kappa shape index (κ2) is 7.41. The molecule has 0 atom stereocenters. The molecule has 0 radical (unpaired) electrons. The SMILES string of the molecule is Cc1cc(C)cc(OCCCSc2cccc(C)c2N)c1. The van der Waals surface area contributed by atoms with Gasteiger partial charge in [0.15, 0.2) is 0 Å². The van der Waals surface area contributed by atoms with Crippen molar-refractivity contribution in [2.24, 2.45) is 0 Å². The van der Waals surface area contributed by atoms with Gasteiger partial charge in [0.05, 0.1) is 6.61 Å². The average molecular weight is 301 g/mol. The zero-order valence-corrected chi connectivity index (χ0v) is 13.8. The maximum absolute atomic E-state index is 6.07. The minimum atomic E-state index is 0.738. The molecule has 0 amide bonds. The van der Waals surface area contributed by atoms with Gasteiger partial charge in [-0.2, -0.15) is 0 Å². The lowest BCUT2D eigenvalue weighted by molar-refractivity contribution is 0.318. The van der Waals surface area contributed by atoms with Crippen LogP contribution in [0.4, 0.5) is 5.69 Å². The highest BCUT2D eigenvalue weighted by Gasteiger charge is 2.02. The second-order valence-electron chi connectivity index (χ2n) is 5.36. The molecule has 0 aliphatic carbocycles. The molecule has 21 heavy (non-hydrogen) atoms. The number of benzene rings is 2. The van der Waals surface area contributed by atoms with Crippen LogP contribution >= 0.6 is 11.8 Å². The van der Waals surface area contributed by atoms with Crippen LogP contribution in [0, 0.1) is 20.8 Å². The summed E-state index contributed by atoms with van der Waals surface area (Å²) in [7, 11) is 0. The van der Waals surface area contributed by atoms with Gasteiger partial charge in [-0.25, -0.2) is 0 Å². The Hall–Kier alpha value is -1.61. The second-order valence-corrected chi connectivity index (χ2v) is 6.50. The van der Waals surface area contributed by atoms with E-state index in [1.54, 1.807) is 11.8 Å². The lowest BCUT2D eigenvalue weighted by Gasteiger charge is -2.09. The summed E-state index contributed by atoms with van der Waals surface area (Å²) in [5, 5.41) is 0. The Morgan fingerprint density at radius 2 is 1.76 bits per heavy atom. The zero-order chi connectivity index (χ0) is 15.2. The van der Waals surface area contributed by atoms with Crippen molar-refractivity contribution in [3.63, 3.8) is 0 Å². The van der Waals surface area contributed by atoms with Gasteiger partial charge in [0, 0.05) is 16.3 Å². The van der Waals surface area contributed by atoms with E-state index < -0.39 is 0 Å². The summed E-state index contributed by atoms with van der Waals surface area (Å²) in [6.45, 7) is 6.97. The molecule has 3 heteroatoms. The molecular formula is C18H23NOS. The summed E-state index contributed by atoms with van der Waals surface area (Å²) in [6.07, 6.45) is 1.00. The Kier molecular flexibility index (Phi) is 5.57. The predicted molar refractivity (Wildman–Crippen MR) is 92.3 cm³/mol. The number of anilines is 1. The summed E-state index contributed by atoms with van der Waals surface area (Å²) in [5.41, 5.74) is 10.6. The van der Waals surface area contributed by atoms with Gasteiger partial charge in [-0.1, -0.05) is 18.2 Å². The summed E-state index contributed by atoms with van der Waals surface area (Å²) >= 11 is 1.80. The number of hydrogen-bond acceptors (Lipinski definition) is 3. The first kappa shape index (κ1) is 15.8. The van der Waals surface area contributed by atoms with E-state index in [4.69, 9.17) is 10.5 Å². The van der Waals surface area contributed by atoms with Crippen LogP contribution in [0.25, 0.3) is 0 Å². The van der Waals surface area contributed by atoms with Crippen LogP contribution in [0.3, 0.4) is 0 Å². The number of ether oxygens (including phenoxy) is 1. The van der Waals surface area contributed by atoms with E-state index in [1.165, 1.54) is 16.0 Å². The van der Waals surface area contributed by atoms with E-state index in [0.29, 0.717) is 0 Å². The summed E-state index contributed by atoms with van der Waals surface area (Å²) in [6, 6.07) is 12.5. The van der Waals surface area contributed by atoms with Crippen LogP contribution in [-0.2, 0) is 0 Å². The molecule has 2 N–H and O–H groups in total. The zero-order valence-electron chi connectivity index (χ0n) is 13.0. The minimum Gasteiger partial charge on any atom is -0.494 e. The fourth-order valence-corrected chi connectivity index (χ4v) is 3.20. The summed E-state index contributed by atoms with van der Waals surface area (Å²) < 4.78 is 5.81. The molecule has 2 aromatic rings. The highest BCUT2D eigenvalue weighted by atomic mass is 32.2. The highest BCUT2D eigenvalue weighted by Crippen LogP contribution is 2.27. The van der Waals surface area contributed by atoms with Gasteiger partial charge < -0.3 is 10.5 Å². The lowest BCUT2D eigenvalue weighted by atomic mass is 10.1. The van der Waals surface area contributed by atoms with Crippen molar-refractivity contribution in [3.8, 4) is 5.75 Å². The largest absolute Gasteiger partial charge is 0.494 e. The molecule has 0 saturated carbocycles. The van der Waals surface area contributed by atoms with Gasteiger partial charge >= 0.3 is 0 Å². The fourth-order valence-electron chi connectivity index (χ4n) is 2.23. The lowest BCUT2D eigenvalue weighted by Crippen LogP contribution is -2.00. The normalized spacial score (nSPS) is 10.6. The number of aryl methyl sites for hydroxylation is 3. The first-order chi connectivity index (χ1) is 10.1. The van der Waals surface area contributed by atoms with Gasteiger partial charge in [-0.15, -0.1) is 11.8 Å². The van der Waals surface area contributed by atoms with Crippen molar-refractivity contribution in [1.82, 2.24) is 0 Å². The molecule has 0 aromatic heterocycles. The van der Waals surface area contributed by atoms with Gasteiger partial charge in [-0.3, -0.25) is 0 Å². The first-order valence-electron chi connectivity index (χ1n) is 7.25. The van der Waals surface area contributed by atoms with Crippen molar-refractivity contribution < 1.29 is 4.74 Å². The third-order valence-corrected chi connectivity index (χ3v) is 4.45. The van der Waals surface area contributed by atoms with Gasteiger partial charge in [0.25, 0.3) is 0 Å². The Labute approximate surface area is 131 Å². The quantitative estimate of drug-likeness (QED) is 0.475. The monoisotopic (exact) mass is 301 g/mol. The smallest absolute Gasteiger partial charge is 0.119 e. The molecule has 0 aliphatic rings. The number of thioether (sulfide) groups is 1. The topological polar surface area (TPSA) is 35.2 Å². The van der Waals surface area contributed by atoms with Gasteiger partial charge in [0.1, 0.15) is 5.75 Å². The van der Waals surface area contributed by atoms with Crippen molar-refractivity contribution in [2.75, 3.05) is 18.1 Å². The molecule has 2 rings (SSSR count). The van der Waals surface area contributed by atoms with Crippen LogP contribution < -0.4 is 10.5 Å². The molecule has 0 bridgehead atoms.